The van der Waals surface area contributed by atoms with Crippen LogP contribution >= 0.6 is 11.3 Å². The molecule has 10 aromatic carbocycles. The predicted octanol–water partition coefficient (Wildman–Crippen LogP) is 22.1. The molecule has 5 heteroatoms. The summed E-state index contributed by atoms with van der Waals surface area (Å²) in [5.41, 5.74) is 25.2. The second-order valence-corrected chi connectivity index (χ2v) is 27.2. The van der Waals surface area contributed by atoms with E-state index in [9.17, 15) is 0 Å². The highest BCUT2D eigenvalue weighted by Crippen LogP contribution is 2.58. The zero-order chi connectivity index (χ0) is 55.2. The molecule has 0 aliphatic heterocycles. The van der Waals surface area contributed by atoms with Gasteiger partial charge in [-0.15, -0.1) is 11.3 Å². The number of para-hydroxylation sites is 1. The molecule has 0 fully saturated rings. The minimum absolute atomic E-state index is 0.00675. The van der Waals surface area contributed by atoms with E-state index >= 15 is 0 Å². The van der Waals surface area contributed by atoms with Crippen molar-refractivity contribution in [3.8, 4) is 22.3 Å². The molecule has 0 atom stereocenters. The fourth-order valence-corrected chi connectivity index (χ4v) is 15.8. The first kappa shape index (κ1) is 48.3. The van der Waals surface area contributed by atoms with Crippen LogP contribution in [0.3, 0.4) is 0 Å². The normalized spacial score (nSPS) is 14.5. The van der Waals surface area contributed by atoms with Gasteiger partial charge in [0, 0.05) is 48.8 Å². The summed E-state index contributed by atoms with van der Waals surface area (Å²) >= 11 is 1.91. The van der Waals surface area contributed by atoms with E-state index in [1.54, 1.807) is 0 Å². The molecule has 0 N–H and O–H groups in total. The van der Waals surface area contributed by atoms with Crippen molar-refractivity contribution < 1.29 is 4.42 Å². The van der Waals surface area contributed by atoms with Crippen molar-refractivity contribution in [2.45, 2.75) is 90.9 Å². The number of anilines is 6. The van der Waals surface area contributed by atoms with Crippen LogP contribution in [0.15, 0.2) is 205 Å². The van der Waals surface area contributed by atoms with Gasteiger partial charge in [-0.05, 0) is 162 Å². The Morgan fingerprint density at radius 2 is 0.963 bits per heavy atom. The molecule has 0 radical (unpaired) electrons. The average Bonchev–Trinajstić information content (AvgIpc) is 3.28. The molecule has 0 saturated heterocycles. The molecule has 0 saturated carbocycles. The fraction of sp³-hybridized carbons (Fsp3) is 0.184. The van der Waals surface area contributed by atoms with E-state index in [1.807, 2.05) is 11.3 Å². The smallest absolute Gasteiger partial charge is 0.163 e. The topological polar surface area (TPSA) is 24.0 Å². The Hall–Kier alpha value is -8.64. The summed E-state index contributed by atoms with van der Waals surface area (Å²) in [6.45, 7) is 23.3. The molecule has 0 amide bonds. The minimum Gasteiger partial charge on any atom is -0.454 e. The molecule has 81 heavy (non-hydrogen) atoms. The van der Waals surface area contributed by atoms with E-state index in [0.717, 1.165) is 50.2 Å². The summed E-state index contributed by atoms with van der Waals surface area (Å²) in [5.74, 6) is 0. The largest absolute Gasteiger partial charge is 0.454 e. The number of nitrogens with zero attached hydrogens (tertiary/aromatic N) is 3. The third-order valence-electron chi connectivity index (χ3n) is 18.6. The summed E-state index contributed by atoms with van der Waals surface area (Å²) in [5, 5.41) is 7.16. The van der Waals surface area contributed by atoms with Gasteiger partial charge < -0.3 is 18.6 Å². The van der Waals surface area contributed by atoms with Crippen molar-refractivity contribution in [3.05, 3.63) is 234 Å². The van der Waals surface area contributed by atoms with Crippen molar-refractivity contribution in [1.82, 2.24) is 4.40 Å². The van der Waals surface area contributed by atoms with Gasteiger partial charge in [0.15, 0.2) is 5.58 Å². The first-order valence-corrected chi connectivity index (χ1v) is 29.6. The van der Waals surface area contributed by atoms with Gasteiger partial charge in [-0.3, -0.25) is 0 Å². The molecule has 394 valence electrons. The third kappa shape index (κ3) is 6.70. The van der Waals surface area contributed by atoms with Gasteiger partial charge in [0.1, 0.15) is 11.1 Å². The lowest BCUT2D eigenvalue weighted by molar-refractivity contribution is 0.590. The number of furan rings is 1. The Bertz CT molecular complexity index is 4950. The summed E-state index contributed by atoms with van der Waals surface area (Å²) in [6, 6.07) is 75.7. The summed E-state index contributed by atoms with van der Waals surface area (Å²) < 4.78 is 12.3. The van der Waals surface area contributed by atoms with Crippen molar-refractivity contribution in [2.24, 2.45) is 0 Å². The highest BCUT2D eigenvalue weighted by Gasteiger charge is 2.41. The van der Waals surface area contributed by atoms with Gasteiger partial charge in [0.2, 0.25) is 0 Å². The zero-order valence-corrected chi connectivity index (χ0v) is 48.5. The van der Waals surface area contributed by atoms with E-state index < -0.39 is 0 Å². The fourth-order valence-electron chi connectivity index (χ4n) is 14.6. The van der Waals surface area contributed by atoms with Crippen LogP contribution < -0.4 is 9.80 Å². The van der Waals surface area contributed by atoms with Crippen molar-refractivity contribution in [2.75, 3.05) is 9.80 Å². The lowest BCUT2D eigenvalue weighted by Crippen LogP contribution is -2.21. The Morgan fingerprint density at radius 3 is 1.58 bits per heavy atom. The molecule has 0 spiro atoms. The number of thiophene rings is 1. The Kier molecular flexibility index (Phi) is 9.83. The third-order valence-corrected chi connectivity index (χ3v) is 19.7. The standard InChI is InChI=1S/C76H63N3OS/c1-73(2,3)46-30-35-48(36-31-46)77(61-26-17-22-53-51-19-11-14-24-58(51)75(7,8)66(53)61)50-34-29-44-42-57-64(43-45(44)41-50)81-72-56-39-40-60(65-68(56)79(70(57)72)69-55-21-13-16-28-63(55)80-71(65)69)78(49-37-32-47(33-38-49)74(4,5)6)62-27-18-23-54-52-20-12-15-25-59(52)76(9,10)67(54)62/h11-43H,1-10H3. The molecule has 4 aromatic heterocycles. The number of hydrogen-bond acceptors (Lipinski definition) is 4. The second kappa shape index (κ2) is 16.5. The van der Waals surface area contributed by atoms with Gasteiger partial charge in [-0.2, -0.15) is 0 Å². The summed E-state index contributed by atoms with van der Waals surface area (Å²) in [4.78, 5) is 5.05. The van der Waals surface area contributed by atoms with Crippen LogP contribution in [0.4, 0.5) is 34.1 Å². The molecular weight excluding hydrogens is 1000 g/mol. The van der Waals surface area contributed by atoms with Crippen LogP contribution in [0.5, 0.6) is 0 Å². The lowest BCUT2D eigenvalue weighted by atomic mass is 9.81. The SMILES string of the molecule is CC(C)(C)c1ccc(N(c2ccc3cc4c(cc3c2)sc2c3ccc(N(c5ccc(C(C)(C)C)cc5)c5cccc6c5C(C)(C)c5ccccc5-6)c5c6oc7ccccc7c6n(c42)c35)c2cccc3c2C(C)(C)c2ccccc2-3)cc1. The van der Waals surface area contributed by atoms with E-state index in [4.69, 9.17) is 4.42 Å². The molecule has 4 heterocycles. The number of aromatic nitrogens is 1. The Labute approximate surface area is 477 Å². The van der Waals surface area contributed by atoms with Crippen LogP contribution in [0.2, 0.25) is 0 Å². The molecule has 16 rings (SSSR count). The number of benzene rings is 10. The highest BCUT2D eigenvalue weighted by atomic mass is 32.1. The quantitative estimate of drug-likeness (QED) is 0.166. The van der Waals surface area contributed by atoms with E-state index in [1.165, 1.54) is 109 Å². The monoisotopic (exact) mass is 1070 g/mol. The maximum Gasteiger partial charge on any atom is 0.163 e. The van der Waals surface area contributed by atoms with Crippen LogP contribution in [-0.4, -0.2) is 4.40 Å². The zero-order valence-electron chi connectivity index (χ0n) is 47.7. The average molecular weight is 1070 g/mol. The molecule has 2 aliphatic carbocycles. The number of hydrogen-bond donors (Lipinski definition) is 0. The molecule has 14 aromatic rings. The molecule has 4 nitrogen and oxygen atoms in total. The van der Waals surface area contributed by atoms with Gasteiger partial charge in [0.25, 0.3) is 0 Å². The van der Waals surface area contributed by atoms with Crippen LogP contribution in [-0.2, 0) is 21.7 Å². The van der Waals surface area contributed by atoms with Gasteiger partial charge in [-0.25, -0.2) is 0 Å². The second-order valence-electron chi connectivity index (χ2n) is 26.1. The predicted molar refractivity (Wildman–Crippen MR) is 346 cm³/mol. The van der Waals surface area contributed by atoms with E-state index in [-0.39, 0.29) is 21.7 Å². The maximum atomic E-state index is 7.20. The Balaban J connectivity index is 0.922. The van der Waals surface area contributed by atoms with Crippen molar-refractivity contribution in [1.29, 1.82) is 0 Å². The first-order chi connectivity index (χ1) is 39.0. The van der Waals surface area contributed by atoms with Gasteiger partial charge in [-0.1, -0.05) is 184 Å². The summed E-state index contributed by atoms with van der Waals surface area (Å²) in [6.07, 6.45) is 0. The molecular formula is C76H63N3OS. The minimum atomic E-state index is -0.243. The maximum absolute atomic E-state index is 7.20. The number of rotatable bonds is 6. The Morgan fingerprint density at radius 1 is 0.420 bits per heavy atom. The molecule has 2 aliphatic rings. The van der Waals surface area contributed by atoms with Crippen LogP contribution in [0.25, 0.3) is 91.7 Å². The van der Waals surface area contributed by atoms with Gasteiger partial charge >= 0.3 is 0 Å². The van der Waals surface area contributed by atoms with E-state index in [0.29, 0.717) is 0 Å². The number of fused-ring (bicyclic) bond motifs is 17. The van der Waals surface area contributed by atoms with Crippen molar-refractivity contribution >= 4 is 115 Å². The summed E-state index contributed by atoms with van der Waals surface area (Å²) in [7, 11) is 0. The molecule has 0 unspecified atom stereocenters. The highest BCUT2D eigenvalue weighted by molar-refractivity contribution is 7.26. The molecule has 0 bridgehead atoms. The van der Waals surface area contributed by atoms with Crippen LogP contribution in [0.1, 0.15) is 103 Å². The van der Waals surface area contributed by atoms with Crippen LogP contribution in [0, 0.1) is 0 Å². The van der Waals surface area contributed by atoms with Crippen molar-refractivity contribution in [3.63, 3.8) is 0 Å². The first-order valence-electron chi connectivity index (χ1n) is 28.7. The van der Waals surface area contributed by atoms with Gasteiger partial charge in [0.05, 0.1) is 38.2 Å². The lowest BCUT2D eigenvalue weighted by Gasteiger charge is -2.33. The van der Waals surface area contributed by atoms with E-state index in [2.05, 4.69) is 284 Å².